The molecule has 2 unspecified atom stereocenters. The molecule has 1 fully saturated rings. The molecule has 0 aromatic carbocycles. The third-order valence-corrected chi connectivity index (χ3v) is 5.66. The van der Waals surface area contributed by atoms with Crippen LogP contribution in [-0.2, 0) is 6.54 Å². The highest BCUT2D eigenvalue weighted by atomic mass is 32.1. The second-order valence-corrected chi connectivity index (χ2v) is 8.41. The Bertz CT molecular complexity index is 413. The lowest BCUT2D eigenvalue weighted by Crippen LogP contribution is -2.58. The van der Waals surface area contributed by atoms with Gasteiger partial charge in [-0.25, -0.2) is 0 Å². The lowest BCUT2D eigenvalue weighted by Gasteiger charge is -2.52. The minimum absolute atomic E-state index is 0.180. The molecule has 0 aliphatic heterocycles. The summed E-state index contributed by atoms with van der Waals surface area (Å²) in [5.74, 6) is 0.764. The van der Waals surface area contributed by atoms with Crippen LogP contribution in [-0.4, -0.2) is 23.5 Å². The van der Waals surface area contributed by atoms with E-state index in [1.807, 2.05) is 11.3 Å². The van der Waals surface area contributed by atoms with Gasteiger partial charge in [-0.2, -0.15) is 0 Å². The molecule has 114 valence electrons. The van der Waals surface area contributed by atoms with E-state index in [2.05, 4.69) is 50.1 Å². The van der Waals surface area contributed by atoms with Crippen molar-refractivity contribution < 1.29 is 0 Å². The van der Waals surface area contributed by atoms with Crippen molar-refractivity contribution in [2.45, 2.75) is 59.0 Å². The Morgan fingerprint density at radius 2 is 2.15 bits per heavy atom. The molecule has 1 saturated carbocycles. The van der Waals surface area contributed by atoms with Gasteiger partial charge in [-0.1, -0.05) is 33.8 Å². The van der Waals surface area contributed by atoms with Gasteiger partial charge in [-0.05, 0) is 48.6 Å². The average molecular weight is 295 g/mol. The topological polar surface area (TPSA) is 29.3 Å². The maximum Gasteiger partial charge on any atom is 0.0343 e. The quantitative estimate of drug-likeness (QED) is 0.885. The lowest BCUT2D eigenvalue weighted by molar-refractivity contribution is -0.0134. The fourth-order valence-corrected chi connectivity index (χ4v) is 5.15. The van der Waals surface area contributed by atoms with Crippen LogP contribution in [0.1, 0.15) is 51.8 Å². The highest BCUT2D eigenvalue weighted by Gasteiger charge is 2.45. The molecular weight excluding hydrogens is 264 g/mol. The predicted octanol–water partition coefficient (Wildman–Crippen LogP) is 4.11. The van der Waals surface area contributed by atoms with Gasteiger partial charge in [0.2, 0.25) is 0 Å². The van der Waals surface area contributed by atoms with Crippen molar-refractivity contribution in [2.75, 3.05) is 13.1 Å². The zero-order valence-electron chi connectivity index (χ0n) is 13.5. The molecule has 3 heteroatoms. The average Bonchev–Trinajstić information content (AvgIpc) is 2.86. The first-order chi connectivity index (χ1) is 9.41. The number of nitrogens with zero attached hydrogens (tertiary/aromatic N) is 1. The minimum atomic E-state index is 0.180. The van der Waals surface area contributed by atoms with Gasteiger partial charge in [0.25, 0.3) is 0 Å². The monoisotopic (exact) mass is 294 g/mol. The van der Waals surface area contributed by atoms with E-state index in [0.717, 1.165) is 25.6 Å². The molecule has 0 bridgehead atoms. The number of likely N-dealkylation sites (N-methyl/N-ethyl adjacent to an activating group) is 1. The third-order valence-electron chi connectivity index (χ3n) is 4.80. The van der Waals surface area contributed by atoms with Crippen LogP contribution in [0, 0.1) is 11.3 Å². The summed E-state index contributed by atoms with van der Waals surface area (Å²) in [7, 11) is 0. The van der Waals surface area contributed by atoms with Crippen molar-refractivity contribution in [3.8, 4) is 0 Å². The number of rotatable bonds is 5. The molecule has 0 spiro atoms. The predicted molar refractivity (Wildman–Crippen MR) is 89.0 cm³/mol. The molecule has 0 radical (unpaired) electrons. The molecule has 2 N–H and O–H groups in total. The summed E-state index contributed by atoms with van der Waals surface area (Å²) in [4.78, 5) is 4.09. The molecule has 0 saturated heterocycles. The first-order valence-electron chi connectivity index (χ1n) is 7.88. The van der Waals surface area contributed by atoms with E-state index in [1.54, 1.807) is 0 Å². The van der Waals surface area contributed by atoms with Gasteiger partial charge in [-0.15, -0.1) is 11.3 Å². The Morgan fingerprint density at radius 1 is 1.40 bits per heavy atom. The summed E-state index contributed by atoms with van der Waals surface area (Å²) in [5.41, 5.74) is 6.87. The Morgan fingerprint density at radius 3 is 2.65 bits per heavy atom. The fraction of sp³-hybridized carbons (Fsp3) is 0.765. The van der Waals surface area contributed by atoms with Crippen molar-refractivity contribution >= 4 is 11.3 Å². The molecule has 0 amide bonds. The fourth-order valence-electron chi connectivity index (χ4n) is 4.43. The number of thiophene rings is 1. The summed E-state index contributed by atoms with van der Waals surface area (Å²) >= 11 is 1.86. The zero-order valence-corrected chi connectivity index (χ0v) is 14.3. The van der Waals surface area contributed by atoms with Crippen LogP contribution in [0.25, 0.3) is 0 Å². The summed E-state index contributed by atoms with van der Waals surface area (Å²) in [6.45, 7) is 12.4. The Balaban J connectivity index is 2.22. The highest BCUT2D eigenvalue weighted by molar-refractivity contribution is 7.09. The Labute approximate surface area is 128 Å². The molecule has 1 aromatic rings. The van der Waals surface area contributed by atoms with E-state index in [0.29, 0.717) is 5.41 Å². The van der Waals surface area contributed by atoms with Gasteiger partial charge in [0.15, 0.2) is 0 Å². The van der Waals surface area contributed by atoms with Crippen LogP contribution in [0.5, 0.6) is 0 Å². The maximum atomic E-state index is 6.29. The van der Waals surface area contributed by atoms with Crippen LogP contribution < -0.4 is 5.73 Å². The highest BCUT2D eigenvalue weighted by Crippen LogP contribution is 2.46. The van der Waals surface area contributed by atoms with Crippen molar-refractivity contribution in [1.29, 1.82) is 0 Å². The van der Waals surface area contributed by atoms with Crippen LogP contribution in [0.2, 0.25) is 0 Å². The van der Waals surface area contributed by atoms with Gasteiger partial charge in [0.05, 0.1) is 0 Å². The summed E-state index contributed by atoms with van der Waals surface area (Å²) in [6, 6.07) is 4.39. The number of hydrogen-bond donors (Lipinski definition) is 1. The van der Waals surface area contributed by atoms with E-state index >= 15 is 0 Å². The molecule has 1 aliphatic rings. The van der Waals surface area contributed by atoms with Crippen molar-refractivity contribution in [2.24, 2.45) is 17.1 Å². The SMILES string of the molecule is CCN(Cc1cccs1)C1(CN)CC(C)CC(C)(C)C1. The van der Waals surface area contributed by atoms with Crippen LogP contribution >= 0.6 is 11.3 Å². The lowest BCUT2D eigenvalue weighted by atomic mass is 9.63. The molecule has 1 aromatic heterocycles. The molecular formula is C17H30N2S. The summed E-state index contributed by atoms with van der Waals surface area (Å²) in [6.07, 6.45) is 3.79. The Kier molecular flexibility index (Phi) is 4.93. The van der Waals surface area contributed by atoms with Crippen molar-refractivity contribution in [1.82, 2.24) is 4.90 Å². The van der Waals surface area contributed by atoms with Gasteiger partial charge < -0.3 is 5.73 Å². The minimum Gasteiger partial charge on any atom is -0.329 e. The van der Waals surface area contributed by atoms with Crippen molar-refractivity contribution in [3.05, 3.63) is 22.4 Å². The number of hydrogen-bond acceptors (Lipinski definition) is 3. The van der Waals surface area contributed by atoms with Crippen LogP contribution in [0.15, 0.2) is 17.5 Å². The third kappa shape index (κ3) is 3.44. The standard InChI is InChI=1S/C17H30N2S/c1-5-19(11-15-7-6-8-20-15)17(13-18)10-14(2)9-16(3,4)12-17/h6-8,14H,5,9-13,18H2,1-4H3. The van der Waals surface area contributed by atoms with Crippen molar-refractivity contribution in [3.63, 3.8) is 0 Å². The molecule has 2 nitrogen and oxygen atoms in total. The van der Waals surface area contributed by atoms with E-state index in [1.165, 1.54) is 24.1 Å². The molecule has 1 heterocycles. The number of nitrogens with two attached hydrogens (primary N) is 1. The summed E-state index contributed by atoms with van der Waals surface area (Å²) < 4.78 is 0. The first-order valence-corrected chi connectivity index (χ1v) is 8.76. The first kappa shape index (κ1) is 16.0. The summed E-state index contributed by atoms with van der Waals surface area (Å²) in [5, 5.41) is 2.17. The molecule has 20 heavy (non-hydrogen) atoms. The van der Waals surface area contributed by atoms with E-state index in [9.17, 15) is 0 Å². The Hall–Kier alpha value is -0.380. The van der Waals surface area contributed by atoms with Crippen LogP contribution in [0.3, 0.4) is 0 Å². The normalized spacial score (nSPS) is 29.8. The van der Waals surface area contributed by atoms with E-state index in [4.69, 9.17) is 5.73 Å². The smallest absolute Gasteiger partial charge is 0.0343 e. The van der Waals surface area contributed by atoms with Gasteiger partial charge in [0.1, 0.15) is 0 Å². The molecule has 2 rings (SSSR count). The molecule has 1 aliphatic carbocycles. The van der Waals surface area contributed by atoms with Gasteiger partial charge >= 0.3 is 0 Å². The largest absolute Gasteiger partial charge is 0.329 e. The zero-order chi connectivity index (χ0) is 14.8. The molecule has 2 atom stereocenters. The van der Waals surface area contributed by atoms with Gasteiger partial charge in [0, 0.05) is 23.5 Å². The maximum absolute atomic E-state index is 6.29. The second-order valence-electron chi connectivity index (χ2n) is 7.38. The van der Waals surface area contributed by atoms with E-state index < -0.39 is 0 Å². The van der Waals surface area contributed by atoms with Gasteiger partial charge in [-0.3, -0.25) is 4.90 Å². The van der Waals surface area contributed by atoms with E-state index in [-0.39, 0.29) is 5.54 Å². The van der Waals surface area contributed by atoms with Crippen LogP contribution in [0.4, 0.5) is 0 Å². The second kappa shape index (κ2) is 6.17.